The topological polar surface area (TPSA) is 97.6 Å². The number of non-ortho nitro benzene ring substituents is 1. The third-order valence-corrected chi connectivity index (χ3v) is 7.46. The summed E-state index contributed by atoms with van der Waals surface area (Å²) in [5.74, 6) is -0.397. The highest BCUT2D eigenvalue weighted by Crippen LogP contribution is 2.32. The second kappa shape index (κ2) is 6.93. The van der Waals surface area contributed by atoms with E-state index in [0.717, 1.165) is 4.88 Å². The summed E-state index contributed by atoms with van der Waals surface area (Å²) in [7, 11) is -3.32. The molecule has 3 rings (SSSR count). The molecular weight excluding hydrogens is 364 g/mol. The van der Waals surface area contributed by atoms with Crippen molar-refractivity contribution in [2.45, 2.75) is 11.7 Å². The van der Waals surface area contributed by atoms with E-state index in [1.165, 1.54) is 40.5 Å². The number of hydrogen-bond donors (Lipinski definition) is 0. The van der Waals surface area contributed by atoms with Gasteiger partial charge in [-0.15, -0.1) is 11.3 Å². The third-order valence-electron chi connectivity index (χ3n) is 4.21. The van der Waals surface area contributed by atoms with E-state index in [-0.39, 0.29) is 23.9 Å². The first-order valence-corrected chi connectivity index (χ1v) is 10.3. The lowest BCUT2D eigenvalue weighted by Crippen LogP contribution is -2.33. The van der Waals surface area contributed by atoms with Crippen LogP contribution in [0.5, 0.6) is 0 Å². The molecule has 132 valence electrons. The van der Waals surface area contributed by atoms with Gasteiger partial charge in [-0.1, -0.05) is 6.07 Å². The van der Waals surface area contributed by atoms with Crippen LogP contribution in [0.1, 0.15) is 26.9 Å². The van der Waals surface area contributed by atoms with E-state index in [0.29, 0.717) is 18.5 Å². The summed E-state index contributed by atoms with van der Waals surface area (Å²) >= 11 is 1.40. The van der Waals surface area contributed by atoms with Crippen molar-refractivity contribution >= 4 is 32.8 Å². The molecule has 7 nitrogen and oxygen atoms in total. The first-order valence-electron chi connectivity index (χ1n) is 7.67. The monoisotopic (exact) mass is 380 g/mol. The predicted octanol–water partition coefficient (Wildman–Crippen LogP) is 2.66. The van der Waals surface area contributed by atoms with E-state index < -0.39 is 20.0 Å². The molecule has 1 unspecified atom stereocenters. The number of hydrogen-bond acceptors (Lipinski definition) is 6. The molecule has 0 spiro atoms. The van der Waals surface area contributed by atoms with E-state index in [1.807, 2.05) is 11.4 Å². The average molecular weight is 380 g/mol. The summed E-state index contributed by atoms with van der Waals surface area (Å²) in [6, 6.07) is 8.97. The van der Waals surface area contributed by atoms with Gasteiger partial charge in [0.05, 0.1) is 15.9 Å². The first-order chi connectivity index (χ1) is 11.9. The fourth-order valence-corrected chi connectivity index (χ4v) is 5.85. The van der Waals surface area contributed by atoms with Crippen molar-refractivity contribution in [3.8, 4) is 0 Å². The highest BCUT2D eigenvalue weighted by atomic mass is 32.2. The Labute approximate surface area is 149 Å². The minimum absolute atomic E-state index is 0.0890. The molecule has 1 aliphatic heterocycles. The van der Waals surface area contributed by atoms with Crippen molar-refractivity contribution in [2.75, 3.05) is 18.8 Å². The van der Waals surface area contributed by atoms with Crippen LogP contribution in [-0.2, 0) is 9.84 Å². The molecule has 1 aromatic heterocycles. The molecule has 1 saturated heterocycles. The summed E-state index contributed by atoms with van der Waals surface area (Å²) in [5, 5.41) is 12.0. The van der Waals surface area contributed by atoms with E-state index in [2.05, 4.69) is 0 Å². The zero-order valence-electron chi connectivity index (χ0n) is 13.2. The number of benzene rings is 1. The van der Waals surface area contributed by atoms with Crippen LogP contribution >= 0.6 is 11.3 Å². The Hall–Kier alpha value is -2.26. The number of amides is 1. The number of sulfone groups is 1. The summed E-state index contributed by atoms with van der Waals surface area (Å²) < 4.78 is 25.0. The van der Waals surface area contributed by atoms with Gasteiger partial charge in [-0.25, -0.2) is 8.42 Å². The van der Waals surface area contributed by atoms with Crippen LogP contribution in [-0.4, -0.2) is 43.0 Å². The standard InChI is InChI=1S/C16H16N2O5S2/c19-16(12-3-5-13(6-4-12)18(20)21)17-8-7-15(14-2-1-10-24-14)25(22,23)11-9-17/h1-6,10,15H,7-9,11H2. The molecule has 1 fully saturated rings. The number of carbonyl (C=O) groups excluding carboxylic acids is 1. The molecule has 0 N–H and O–H groups in total. The van der Waals surface area contributed by atoms with Crippen molar-refractivity contribution < 1.29 is 18.1 Å². The van der Waals surface area contributed by atoms with Gasteiger partial charge in [0, 0.05) is 35.7 Å². The number of nitro groups is 1. The molecule has 1 aliphatic rings. The predicted molar refractivity (Wildman–Crippen MR) is 94.5 cm³/mol. The van der Waals surface area contributed by atoms with Gasteiger partial charge in [0.15, 0.2) is 9.84 Å². The number of thiophene rings is 1. The minimum Gasteiger partial charge on any atom is -0.338 e. The molecule has 1 atom stereocenters. The van der Waals surface area contributed by atoms with Crippen LogP contribution in [0, 0.1) is 10.1 Å². The lowest BCUT2D eigenvalue weighted by atomic mass is 10.1. The van der Waals surface area contributed by atoms with Crippen LogP contribution in [0.15, 0.2) is 41.8 Å². The molecule has 25 heavy (non-hydrogen) atoms. The quantitative estimate of drug-likeness (QED) is 0.602. The molecule has 2 heterocycles. The normalized spacial score (nSPS) is 20.0. The third kappa shape index (κ3) is 3.72. The SMILES string of the molecule is O=C(c1ccc([N+](=O)[O-])cc1)N1CCC(c2cccs2)S(=O)(=O)CC1. The van der Waals surface area contributed by atoms with Crippen LogP contribution in [0.2, 0.25) is 0 Å². The molecule has 0 saturated carbocycles. The molecule has 1 aromatic carbocycles. The maximum Gasteiger partial charge on any atom is 0.269 e. The number of nitro benzene ring substituents is 1. The van der Waals surface area contributed by atoms with Crippen molar-refractivity contribution in [3.63, 3.8) is 0 Å². The fraction of sp³-hybridized carbons (Fsp3) is 0.312. The summed E-state index contributed by atoms with van der Waals surface area (Å²) in [6.07, 6.45) is 0.349. The molecule has 1 amide bonds. The van der Waals surface area contributed by atoms with Gasteiger partial charge in [0.25, 0.3) is 11.6 Å². The minimum atomic E-state index is -3.32. The second-order valence-electron chi connectivity index (χ2n) is 5.76. The Morgan fingerprint density at radius 2 is 1.92 bits per heavy atom. The molecular formula is C16H16N2O5S2. The second-order valence-corrected chi connectivity index (χ2v) is 9.04. The molecule has 0 aliphatic carbocycles. The molecule has 0 bridgehead atoms. The van der Waals surface area contributed by atoms with Crippen molar-refractivity contribution in [3.05, 3.63) is 62.3 Å². The Balaban J connectivity index is 1.78. The van der Waals surface area contributed by atoms with Gasteiger partial charge < -0.3 is 4.90 Å². The fourth-order valence-electron chi connectivity index (χ4n) is 2.85. The van der Waals surface area contributed by atoms with E-state index in [4.69, 9.17) is 0 Å². The first kappa shape index (κ1) is 17.6. The number of nitrogens with zero attached hydrogens (tertiary/aromatic N) is 2. The molecule has 0 radical (unpaired) electrons. The van der Waals surface area contributed by atoms with Crippen molar-refractivity contribution in [1.29, 1.82) is 0 Å². The maximum atomic E-state index is 12.6. The number of rotatable bonds is 3. The maximum absolute atomic E-state index is 12.6. The van der Waals surface area contributed by atoms with E-state index in [9.17, 15) is 23.3 Å². The van der Waals surface area contributed by atoms with Crippen LogP contribution in [0.4, 0.5) is 5.69 Å². The van der Waals surface area contributed by atoms with Gasteiger partial charge in [0.2, 0.25) is 0 Å². The van der Waals surface area contributed by atoms with Gasteiger partial charge >= 0.3 is 0 Å². The molecule has 9 heteroatoms. The number of carbonyl (C=O) groups is 1. The van der Waals surface area contributed by atoms with Crippen LogP contribution in [0.25, 0.3) is 0 Å². The van der Waals surface area contributed by atoms with Gasteiger partial charge in [-0.3, -0.25) is 14.9 Å². The average Bonchev–Trinajstić information content (AvgIpc) is 3.06. The van der Waals surface area contributed by atoms with Gasteiger partial charge in [-0.05, 0) is 30.0 Å². The zero-order valence-corrected chi connectivity index (χ0v) is 14.8. The lowest BCUT2D eigenvalue weighted by molar-refractivity contribution is -0.384. The van der Waals surface area contributed by atoms with Crippen molar-refractivity contribution in [2.24, 2.45) is 0 Å². The lowest BCUT2D eigenvalue weighted by Gasteiger charge is -2.19. The Morgan fingerprint density at radius 3 is 2.52 bits per heavy atom. The van der Waals surface area contributed by atoms with Gasteiger partial charge in [-0.2, -0.15) is 0 Å². The van der Waals surface area contributed by atoms with E-state index in [1.54, 1.807) is 6.07 Å². The van der Waals surface area contributed by atoms with Crippen LogP contribution < -0.4 is 0 Å². The Kier molecular flexibility index (Phi) is 4.87. The summed E-state index contributed by atoms with van der Waals surface area (Å²) in [5.41, 5.74) is 0.227. The van der Waals surface area contributed by atoms with E-state index >= 15 is 0 Å². The zero-order chi connectivity index (χ0) is 18.0. The summed E-state index contributed by atoms with van der Waals surface area (Å²) in [4.78, 5) is 25.1. The van der Waals surface area contributed by atoms with Crippen molar-refractivity contribution in [1.82, 2.24) is 4.90 Å². The highest BCUT2D eigenvalue weighted by molar-refractivity contribution is 7.91. The Morgan fingerprint density at radius 1 is 1.20 bits per heavy atom. The smallest absolute Gasteiger partial charge is 0.269 e. The highest BCUT2D eigenvalue weighted by Gasteiger charge is 2.33. The Bertz CT molecular complexity index is 876. The summed E-state index contributed by atoms with van der Waals surface area (Å²) in [6.45, 7) is 0.456. The van der Waals surface area contributed by atoms with Crippen LogP contribution in [0.3, 0.4) is 0 Å². The largest absolute Gasteiger partial charge is 0.338 e. The molecule has 2 aromatic rings. The van der Waals surface area contributed by atoms with Gasteiger partial charge in [0.1, 0.15) is 0 Å².